The molecule has 132 valence electrons. The van der Waals surface area contributed by atoms with Crippen LogP contribution in [0.25, 0.3) is 11.4 Å². The van der Waals surface area contributed by atoms with E-state index in [-0.39, 0.29) is 0 Å². The van der Waals surface area contributed by atoms with Crippen molar-refractivity contribution in [3.05, 3.63) is 60.8 Å². The van der Waals surface area contributed by atoms with Gasteiger partial charge in [-0.1, -0.05) is 12.1 Å². The Kier molecular flexibility index (Phi) is 4.66. The standard InChI is InChI=1S/C20H21N5O/c21-16-3-1-2-15(14-16)20-22-9-8-19(24-20)23-17-4-6-18(7-5-17)25-10-12-26-13-11-25/h1-9,14H,10-13,21H2,(H,22,23,24). The Balaban J connectivity index is 1.49. The van der Waals surface area contributed by atoms with Crippen molar-refractivity contribution in [2.24, 2.45) is 0 Å². The third kappa shape index (κ3) is 3.75. The van der Waals surface area contributed by atoms with Crippen molar-refractivity contribution in [3.8, 4) is 11.4 Å². The number of nitrogens with zero attached hydrogens (tertiary/aromatic N) is 3. The second kappa shape index (κ2) is 7.41. The normalized spacial score (nSPS) is 14.2. The second-order valence-electron chi connectivity index (χ2n) is 6.16. The molecular weight excluding hydrogens is 326 g/mol. The zero-order chi connectivity index (χ0) is 17.8. The third-order valence-corrected chi connectivity index (χ3v) is 4.32. The predicted molar refractivity (Wildman–Crippen MR) is 105 cm³/mol. The summed E-state index contributed by atoms with van der Waals surface area (Å²) < 4.78 is 5.40. The lowest BCUT2D eigenvalue weighted by Crippen LogP contribution is -2.36. The Morgan fingerprint density at radius 3 is 2.58 bits per heavy atom. The first-order valence-electron chi connectivity index (χ1n) is 8.67. The van der Waals surface area contributed by atoms with Crippen LogP contribution in [0, 0.1) is 0 Å². The zero-order valence-corrected chi connectivity index (χ0v) is 14.4. The number of rotatable bonds is 4. The number of hydrogen-bond acceptors (Lipinski definition) is 6. The van der Waals surface area contributed by atoms with Gasteiger partial charge in [-0.3, -0.25) is 0 Å². The van der Waals surface area contributed by atoms with Crippen molar-refractivity contribution in [3.63, 3.8) is 0 Å². The SMILES string of the molecule is Nc1cccc(-c2nccc(Nc3ccc(N4CCOCC4)cc3)n2)c1. The summed E-state index contributed by atoms with van der Waals surface area (Å²) in [5, 5.41) is 3.33. The molecule has 0 amide bonds. The molecule has 0 bridgehead atoms. The lowest BCUT2D eigenvalue weighted by atomic mass is 10.2. The average molecular weight is 347 g/mol. The monoisotopic (exact) mass is 347 g/mol. The van der Waals surface area contributed by atoms with Crippen LogP contribution in [0.1, 0.15) is 0 Å². The Labute approximate surface area is 152 Å². The molecular formula is C20H21N5O. The summed E-state index contributed by atoms with van der Waals surface area (Å²) in [7, 11) is 0. The summed E-state index contributed by atoms with van der Waals surface area (Å²) in [5.74, 6) is 1.39. The minimum atomic E-state index is 0.646. The van der Waals surface area contributed by atoms with Crippen LogP contribution in [-0.2, 0) is 4.74 Å². The molecule has 2 aromatic carbocycles. The van der Waals surface area contributed by atoms with Gasteiger partial charge in [-0.15, -0.1) is 0 Å². The minimum absolute atomic E-state index is 0.646. The van der Waals surface area contributed by atoms with E-state index < -0.39 is 0 Å². The Bertz CT molecular complexity index is 875. The predicted octanol–water partition coefficient (Wildman–Crippen LogP) is 3.31. The summed E-state index contributed by atoms with van der Waals surface area (Å²) in [6, 6.07) is 17.8. The molecule has 6 nitrogen and oxygen atoms in total. The highest BCUT2D eigenvalue weighted by molar-refractivity contribution is 5.65. The van der Waals surface area contributed by atoms with Crippen LogP contribution in [0.4, 0.5) is 22.9 Å². The van der Waals surface area contributed by atoms with Crippen molar-refractivity contribution in [2.75, 3.05) is 42.3 Å². The summed E-state index contributed by atoms with van der Waals surface area (Å²) in [5.41, 5.74) is 9.64. The molecule has 1 fully saturated rings. The Hall–Kier alpha value is -3.12. The quantitative estimate of drug-likeness (QED) is 0.705. The molecule has 0 saturated carbocycles. The highest BCUT2D eigenvalue weighted by Gasteiger charge is 2.11. The number of aromatic nitrogens is 2. The first-order chi connectivity index (χ1) is 12.8. The molecule has 1 aliphatic heterocycles. The van der Waals surface area contributed by atoms with Crippen molar-refractivity contribution in [1.82, 2.24) is 9.97 Å². The molecule has 4 rings (SSSR count). The number of benzene rings is 2. The van der Waals surface area contributed by atoms with Crippen LogP contribution in [0.2, 0.25) is 0 Å². The van der Waals surface area contributed by atoms with Crippen LogP contribution in [-0.4, -0.2) is 36.3 Å². The summed E-state index contributed by atoms with van der Waals surface area (Å²) >= 11 is 0. The first-order valence-corrected chi connectivity index (χ1v) is 8.67. The number of ether oxygens (including phenoxy) is 1. The van der Waals surface area contributed by atoms with Gasteiger partial charge in [0.2, 0.25) is 0 Å². The van der Waals surface area contributed by atoms with Gasteiger partial charge in [0.25, 0.3) is 0 Å². The van der Waals surface area contributed by atoms with Gasteiger partial charge in [0, 0.05) is 41.9 Å². The molecule has 3 N–H and O–H groups in total. The lowest BCUT2D eigenvalue weighted by Gasteiger charge is -2.28. The summed E-state index contributed by atoms with van der Waals surface area (Å²) in [6.45, 7) is 3.44. The molecule has 0 unspecified atom stereocenters. The second-order valence-corrected chi connectivity index (χ2v) is 6.16. The van der Waals surface area contributed by atoms with E-state index in [2.05, 4.69) is 44.5 Å². The fraction of sp³-hybridized carbons (Fsp3) is 0.200. The van der Waals surface area contributed by atoms with E-state index >= 15 is 0 Å². The van der Waals surface area contributed by atoms with Gasteiger partial charge < -0.3 is 20.7 Å². The van der Waals surface area contributed by atoms with E-state index in [0.717, 1.165) is 43.4 Å². The topological polar surface area (TPSA) is 76.3 Å². The molecule has 0 spiro atoms. The van der Waals surface area contributed by atoms with Gasteiger partial charge in [0.05, 0.1) is 13.2 Å². The molecule has 0 aliphatic carbocycles. The van der Waals surface area contributed by atoms with E-state index in [9.17, 15) is 0 Å². The average Bonchev–Trinajstić information content (AvgIpc) is 2.69. The molecule has 0 radical (unpaired) electrons. The highest BCUT2D eigenvalue weighted by atomic mass is 16.5. The van der Waals surface area contributed by atoms with Crippen molar-refractivity contribution >= 4 is 22.9 Å². The first kappa shape index (κ1) is 16.4. The van der Waals surface area contributed by atoms with Gasteiger partial charge in [-0.05, 0) is 42.5 Å². The van der Waals surface area contributed by atoms with Crippen LogP contribution < -0.4 is 16.0 Å². The Morgan fingerprint density at radius 2 is 1.81 bits per heavy atom. The molecule has 26 heavy (non-hydrogen) atoms. The van der Waals surface area contributed by atoms with Crippen LogP contribution >= 0.6 is 0 Å². The van der Waals surface area contributed by atoms with Crippen molar-refractivity contribution < 1.29 is 4.74 Å². The van der Waals surface area contributed by atoms with E-state index in [4.69, 9.17) is 10.5 Å². The van der Waals surface area contributed by atoms with Crippen LogP contribution in [0.5, 0.6) is 0 Å². The largest absolute Gasteiger partial charge is 0.399 e. The zero-order valence-electron chi connectivity index (χ0n) is 14.4. The molecule has 2 heterocycles. The van der Waals surface area contributed by atoms with Crippen molar-refractivity contribution in [1.29, 1.82) is 0 Å². The molecule has 1 aliphatic rings. The number of anilines is 4. The molecule has 1 saturated heterocycles. The van der Waals surface area contributed by atoms with E-state index in [1.807, 2.05) is 30.3 Å². The van der Waals surface area contributed by atoms with E-state index in [1.54, 1.807) is 6.20 Å². The number of morpholine rings is 1. The minimum Gasteiger partial charge on any atom is -0.399 e. The van der Waals surface area contributed by atoms with Gasteiger partial charge in [-0.2, -0.15) is 0 Å². The number of nitrogens with one attached hydrogen (secondary N) is 1. The summed E-state index contributed by atoms with van der Waals surface area (Å²) in [4.78, 5) is 11.3. The number of nitrogens with two attached hydrogens (primary N) is 1. The van der Waals surface area contributed by atoms with Crippen LogP contribution in [0.15, 0.2) is 60.8 Å². The maximum absolute atomic E-state index is 5.85. The van der Waals surface area contributed by atoms with E-state index in [0.29, 0.717) is 11.5 Å². The fourth-order valence-corrected chi connectivity index (χ4v) is 2.97. The number of nitrogen functional groups attached to an aromatic ring is 1. The third-order valence-electron chi connectivity index (χ3n) is 4.32. The number of hydrogen-bond donors (Lipinski definition) is 2. The van der Waals surface area contributed by atoms with Gasteiger partial charge in [0.1, 0.15) is 5.82 Å². The maximum Gasteiger partial charge on any atom is 0.161 e. The summed E-state index contributed by atoms with van der Waals surface area (Å²) in [6.07, 6.45) is 1.75. The van der Waals surface area contributed by atoms with Gasteiger partial charge >= 0.3 is 0 Å². The molecule has 0 atom stereocenters. The van der Waals surface area contributed by atoms with Crippen LogP contribution in [0.3, 0.4) is 0 Å². The van der Waals surface area contributed by atoms with Crippen molar-refractivity contribution in [2.45, 2.75) is 0 Å². The molecule has 3 aromatic rings. The van der Waals surface area contributed by atoms with Gasteiger partial charge in [-0.25, -0.2) is 9.97 Å². The highest BCUT2D eigenvalue weighted by Crippen LogP contribution is 2.23. The molecule has 1 aromatic heterocycles. The maximum atomic E-state index is 5.85. The Morgan fingerprint density at radius 1 is 1.00 bits per heavy atom. The lowest BCUT2D eigenvalue weighted by molar-refractivity contribution is 0.122. The van der Waals surface area contributed by atoms with E-state index in [1.165, 1.54) is 5.69 Å². The molecule has 6 heteroatoms. The van der Waals surface area contributed by atoms with Gasteiger partial charge in [0.15, 0.2) is 5.82 Å². The fourth-order valence-electron chi connectivity index (χ4n) is 2.97. The smallest absolute Gasteiger partial charge is 0.161 e.